The number of hydrogen-bond acceptors (Lipinski definition) is 3. The third-order valence-corrected chi connectivity index (χ3v) is 4.51. The predicted molar refractivity (Wildman–Crippen MR) is 94.1 cm³/mol. The van der Waals surface area contributed by atoms with Gasteiger partial charge in [0.15, 0.2) is 0 Å². The van der Waals surface area contributed by atoms with Crippen molar-refractivity contribution in [3.63, 3.8) is 0 Å². The lowest BCUT2D eigenvalue weighted by Gasteiger charge is -2.31. The van der Waals surface area contributed by atoms with Crippen LogP contribution in [-0.2, 0) is 9.59 Å². The summed E-state index contributed by atoms with van der Waals surface area (Å²) in [6.07, 6.45) is 2.85. The molecule has 0 saturated carbocycles. The van der Waals surface area contributed by atoms with Gasteiger partial charge in [0.2, 0.25) is 11.8 Å². The van der Waals surface area contributed by atoms with Crippen LogP contribution in [-0.4, -0.2) is 42.5 Å². The molecule has 0 aromatic heterocycles. The van der Waals surface area contributed by atoms with E-state index in [1.807, 2.05) is 36.9 Å². The minimum atomic E-state index is 0.0707. The van der Waals surface area contributed by atoms with E-state index in [1.165, 1.54) is 0 Å². The van der Waals surface area contributed by atoms with Gasteiger partial charge in [-0.1, -0.05) is 18.2 Å². The van der Waals surface area contributed by atoms with E-state index in [4.69, 9.17) is 4.74 Å². The van der Waals surface area contributed by atoms with Crippen LogP contribution >= 0.6 is 0 Å². The second-order valence-corrected chi connectivity index (χ2v) is 6.52. The molecule has 0 bridgehead atoms. The first kappa shape index (κ1) is 18.3. The zero-order chi connectivity index (χ0) is 17.5. The number of para-hydroxylation sites is 1. The number of nitrogens with one attached hydrogen (secondary N) is 1. The number of carbonyl (C=O) groups is 2. The molecule has 1 aliphatic heterocycles. The minimum Gasteiger partial charge on any atom is -0.493 e. The molecule has 1 heterocycles. The number of piperidine rings is 1. The molecule has 0 atom stereocenters. The van der Waals surface area contributed by atoms with Crippen molar-refractivity contribution in [2.75, 3.05) is 19.7 Å². The van der Waals surface area contributed by atoms with Crippen LogP contribution in [0.3, 0.4) is 0 Å². The summed E-state index contributed by atoms with van der Waals surface area (Å²) in [7, 11) is 0. The second-order valence-electron chi connectivity index (χ2n) is 6.52. The third-order valence-electron chi connectivity index (χ3n) is 4.51. The summed E-state index contributed by atoms with van der Waals surface area (Å²) in [6.45, 7) is 7.66. The number of carbonyl (C=O) groups excluding carboxylic acids is 2. The highest BCUT2D eigenvalue weighted by molar-refractivity contribution is 5.76. The molecule has 0 aliphatic carbocycles. The van der Waals surface area contributed by atoms with Crippen molar-refractivity contribution >= 4 is 11.8 Å². The van der Waals surface area contributed by atoms with E-state index >= 15 is 0 Å². The van der Waals surface area contributed by atoms with Crippen molar-refractivity contribution in [3.8, 4) is 5.75 Å². The molecule has 1 aromatic carbocycles. The van der Waals surface area contributed by atoms with E-state index in [-0.39, 0.29) is 17.9 Å². The number of aryl methyl sites for hydroxylation is 2. The first-order valence-electron chi connectivity index (χ1n) is 8.71. The molecule has 24 heavy (non-hydrogen) atoms. The first-order valence-corrected chi connectivity index (χ1v) is 8.71. The van der Waals surface area contributed by atoms with Crippen LogP contribution in [0, 0.1) is 13.8 Å². The fourth-order valence-corrected chi connectivity index (χ4v) is 3.07. The molecule has 0 spiro atoms. The largest absolute Gasteiger partial charge is 0.493 e. The summed E-state index contributed by atoms with van der Waals surface area (Å²) in [4.78, 5) is 25.2. The Bertz CT molecular complexity index is 558. The standard InChI is InChI=1S/C19H28N2O3/c1-14-6-4-7-15(2)19(14)24-13-5-8-18(23)20-17-9-11-21(12-10-17)16(3)22/h4,6-7,17H,5,8-13H2,1-3H3,(H,20,23). The number of hydrogen-bond donors (Lipinski definition) is 1. The van der Waals surface area contributed by atoms with Gasteiger partial charge in [0.05, 0.1) is 6.61 Å². The van der Waals surface area contributed by atoms with Crippen LogP contribution in [0.4, 0.5) is 0 Å². The zero-order valence-electron chi connectivity index (χ0n) is 14.9. The molecule has 1 saturated heterocycles. The molecule has 2 amide bonds. The molecule has 5 heteroatoms. The molecule has 0 unspecified atom stereocenters. The average Bonchev–Trinajstić information content (AvgIpc) is 2.54. The summed E-state index contributed by atoms with van der Waals surface area (Å²) in [5, 5.41) is 3.07. The van der Waals surface area contributed by atoms with E-state index in [1.54, 1.807) is 6.92 Å². The minimum absolute atomic E-state index is 0.0707. The van der Waals surface area contributed by atoms with Crippen molar-refractivity contribution in [1.29, 1.82) is 0 Å². The van der Waals surface area contributed by atoms with Gasteiger partial charge in [-0.15, -0.1) is 0 Å². The smallest absolute Gasteiger partial charge is 0.220 e. The van der Waals surface area contributed by atoms with Gasteiger partial charge >= 0.3 is 0 Å². The topological polar surface area (TPSA) is 58.6 Å². The van der Waals surface area contributed by atoms with Gasteiger partial charge in [0.1, 0.15) is 5.75 Å². The van der Waals surface area contributed by atoms with Crippen LogP contribution in [0.1, 0.15) is 43.7 Å². The normalized spacial score (nSPS) is 15.2. The van der Waals surface area contributed by atoms with Gasteiger partial charge in [0.25, 0.3) is 0 Å². The Morgan fingerprint density at radius 3 is 2.42 bits per heavy atom. The molecule has 1 fully saturated rings. The van der Waals surface area contributed by atoms with Gasteiger partial charge in [-0.05, 0) is 44.2 Å². The molecule has 1 aliphatic rings. The van der Waals surface area contributed by atoms with Crippen molar-refractivity contribution in [2.24, 2.45) is 0 Å². The van der Waals surface area contributed by atoms with Crippen LogP contribution < -0.4 is 10.1 Å². The molecule has 2 rings (SSSR count). The maximum atomic E-state index is 12.0. The van der Waals surface area contributed by atoms with E-state index in [9.17, 15) is 9.59 Å². The quantitative estimate of drug-likeness (QED) is 0.815. The van der Waals surface area contributed by atoms with Crippen molar-refractivity contribution in [1.82, 2.24) is 10.2 Å². The van der Waals surface area contributed by atoms with E-state index in [0.717, 1.165) is 42.8 Å². The maximum absolute atomic E-state index is 12.0. The lowest BCUT2D eigenvalue weighted by Crippen LogP contribution is -2.46. The molecule has 1 aromatic rings. The predicted octanol–water partition coefficient (Wildman–Crippen LogP) is 2.59. The highest BCUT2D eigenvalue weighted by Crippen LogP contribution is 2.22. The lowest BCUT2D eigenvalue weighted by atomic mass is 10.0. The molecule has 5 nitrogen and oxygen atoms in total. The third kappa shape index (κ3) is 5.25. The van der Waals surface area contributed by atoms with Crippen LogP contribution in [0.25, 0.3) is 0 Å². The highest BCUT2D eigenvalue weighted by atomic mass is 16.5. The Morgan fingerprint density at radius 1 is 1.21 bits per heavy atom. The lowest BCUT2D eigenvalue weighted by molar-refractivity contribution is -0.130. The Hall–Kier alpha value is -2.04. The summed E-state index contributed by atoms with van der Waals surface area (Å²) in [5.74, 6) is 1.11. The Kier molecular flexibility index (Phi) is 6.64. The molecule has 132 valence electrons. The van der Waals surface area contributed by atoms with E-state index in [0.29, 0.717) is 19.4 Å². The highest BCUT2D eigenvalue weighted by Gasteiger charge is 2.21. The number of benzene rings is 1. The summed E-state index contributed by atoms with van der Waals surface area (Å²) < 4.78 is 5.82. The average molecular weight is 332 g/mol. The number of ether oxygens (including phenoxy) is 1. The second kappa shape index (κ2) is 8.71. The fourth-order valence-electron chi connectivity index (χ4n) is 3.07. The number of rotatable bonds is 6. The van der Waals surface area contributed by atoms with Crippen LogP contribution in [0.2, 0.25) is 0 Å². The Morgan fingerprint density at radius 2 is 1.83 bits per heavy atom. The monoisotopic (exact) mass is 332 g/mol. The molecule has 0 radical (unpaired) electrons. The van der Waals surface area contributed by atoms with E-state index in [2.05, 4.69) is 5.32 Å². The number of likely N-dealkylation sites (tertiary alicyclic amines) is 1. The fraction of sp³-hybridized carbons (Fsp3) is 0.579. The van der Waals surface area contributed by atoms with Crippen molar-refractivity contribution in [2.45, 2.75) is 52.5 Å². The molecular weight excluding hydrogens is 304 g/mol. The number of amides is 2. The summed E-state index contributed by atoms with van der Waals surface area (Å²) in [6, 6.07) is 6.26. The molecular formula is C19H28N2O3. The summed E-state index contributed by atoms with van der Waals surface area (Å²) in [5.41, 5.74) is 2.24. The SMILES string of the molecule is CC(=O)N1CCC(NC(=O)CCCOc2c(C)cccc2C)CC1. The van der Waals surface area contributed by atoms with Crippen LogP contribution in [0.15, 0.2) is 18.2 Å². The molecule has 1 N–H and O–H groups in total. The number of nitrogens with zero attached hydrogens (tertiary/aromatic N) is 1. The zero-order valence-corrected chi connectivity index (χ0v) is 14.9. The van der Waals surface area contributed by atoms with Crippen molar-refractivity contribution < 1.29 is 14.3 Å². The van der Waals surface area contributed by atoms with E-state index < -0.39 is 0 Å². The van der Waals surface area contributed by atoms with Gasteiger partial charge in [-0.25, -0.2) is 0 Å². The van der Waals surface area contributed by atoms with Crippen LogP contribution in [0.5, 0.6) is 5.75 Å². The van der Waals surface area contributed by atoms with Crippen molar-refractivity contribution in [3.05, 3.63) is 29.3 Å². The first-order chi connectivity index (χ1) is 11.5. The van der Waals surface area contributed by atoms with Gasteiger partial charge in [0, 0.05) is 32.5 Å². The van der Waals surface area contributed by atoms with Gasteiger partial charge in [-0.3, -0.25) is 9.59 Å². The Labute approximate surface area is 144 Å². The summed E-state index contributed by atoms with van der Waals surface area (Å²) >= 11 is 0. The van der Waals surface area contributed by atoms with Gasteiger partial charge in [-0.2, -0.15) is 0 Å². The maximum Gasteiger partial charge on any atom is 0.220 e. The van der Waals surface area contributed by atoms with Gasteiger partial charge < -0.3 is 15.0 Å². The Balaban J connectivity index is 1.65.